The number of carbonyl (C=O) groups excluding carboxylic acids is 1. The summed E-state index contributed by atoms with van der Waals surface area (Å²) in [5.74, 6) is 0.0535. The largest absolute Gasteiger partial charge is 0.389 e. The molecule has 1 aromatic carbocycles. The third kappa shape index (κ3) is 2.95. The molecule has 1 amide bonds. The average Bonchev–Trinajstić information content (AvgIpc) is 2.63. The van der Waals surface area contributed by atoms with Crippen molar-refractivity contribution in [1.82, 2.24) is 14.7 Å². The monoisotopic (exact) mass is 341 g/mol. The first kappa shape index (κ1) is 16.3. The van der Waals surface area contributed by atoms with Crippen molar-refractivity contribution in [3.63, 3.8) is 0 Å². The Morgan fingerprint density at radius 2 is 2.12 bits per heavy atom. The van der Waals surface area contributed by atoms with Crippen molar-refractivity contribution in [2.24, 2.45) is 5.92 Å². The molecule has 2 atom stereocenters. The van der Waals surface area contributed by atoms with Crippen molar-refractivity contribution in [2.75, 3.05) is 13.1 Å². The quantitative estimate of drug-likeness (QED) is 0.899. The Balaban J connectivity index is 1.51. The summed E-state index contributed by atoms with van der Waals surface area (Å²) in [6.07, 6.45) is 6.24. The van der Waals surface area contributed by atoms with Gasteiger partial charge in [-0.25, -0.2) is 4.68 Å². The van der Waals surface area contributed by atoms with Crippen LogP contribution in [0.3, 0.4) is 0 Å². The van der Waals surface area contributed by atoms with Crippen molar-refractivity contribution in [3.8, 4) is 0 Å². The van der Waals surface area contributed by atoms with E-state index < -0.39 is 5.60 Å². The third-order valence-electron chi connectivity index (χ3n) is 5.83. The molecule has 6 heteroatoms. The number of fused-ring (bicyclic) bond motifs is 2. The van der Waals surface area contributed by atoms with E-state index in [0.29, 0.717) is 24.9 Å². The summed E-state index contributed by atoms with van der Waals surface area (Å²) in [5.41, 5.74) is -0.842. The number of nitrogens with zero attached hydrogens (tertiary/aromatic N) is 3. The second-order valence-electron chi connectivity index (χ2n) is 7.33. The van der Waals surface area contributed by atoms with Gasteiger partial charge in [0.1, 0.15) is 6.54 Å². The molecule has 1 saturated heterocycles. The number of aliphatic hydroxyl groups is 1. The summed E-state index contributed by atoms with van der Waals surface area (Å²) in [6.45, 7) is 1.08. The summed E-state index contributed by atoms with van der Waals surface area (Å²) in [6, 6.07) is 7.26. The molecule has 2 aliphatic rings. The minimum atomic E-state index is -0.604. The second kappa shape index (κ2) is 6.26. The van der Waals surface area contributed by atoms with E-state index in [1.165, 1.54) is 4.68 Å². The lowest BCUT2D eigenvalue weighted by molar-refractivity contribution is -0.144. The van der Waals surface area contributed by atoms with Crippen molar-refractivity contribution in [1.29, 1.82) is 0 Å². The molecular weight excluding hydrogens is 318 g/mol. The number of amides is 1. The van der Waals surface area contributed by atoms with Crippen LogP contribution >= 0.6 is 0 Å². The van der Waals surface area contributed by atoms with Gasteiger partial charge >= 0.3 is 0 Å². The number of hydrogen-bond acceptors (Lipinski definition) is 4. The highest BCUT2D eigenvalue weighted by atomic mass is 16.3. The van der Waals surface area contributed by atoms with Gasteiger partial charge in [0.05, 0.1) is 17.2 Å². The predicted octanol–water partition coefficient (Wildman–Crippen LogP) is 1.55. The molecule has 1 N–H and O–H groups in total. The number of hydrogen-bond donors (Lipinski definition) is 1. The fourth-order valence-electron chi connectivity index (χ4n) is 4.27. The standard InChI is InChI=1S/C19H23N3O3/c23-17(21-10-9-19(25)8-4-3-6-15(19)12-21)13-22-18(24)16-7-2-1-5-14(16)11-20-22/h1-2,5,7,11,15,25H,3-4,6,8-10,12-13H2/t15-,19+/m0/s1. The van der Waals surface area contributed by atoms with Gasteiger partial charge in [-0.1, -0.05) is 31.0 Å². The zero-order valence-corrected chi connectivity index (χ0v) is 14.2. The number of carbonyl (C=O) groups is 1. The molecule has 0 unspecified atom stereocenters. The first-order chi connectivity index (χ1) is 12.1. The van der Waals surface area contributed by atoms with Gasteiger partial charge in [0.15, 0.2) is 0 Å². The molecule has 0 spiro atoms. The van der Waals surface area contributed by atoms with Crippen LogP contribution in [0.5, 0.6) is 0 Å². The van der Waals surface area contributed by atoms with Gasteiger partial charge in [0.25, 0.3) is 5.56 Å². The zero-order chi connectivity index (χ0) is 17.4. The maximum atomic E-state index is 12.7. The maximum Gasteiger partial charge on any atom is 0.275 e. The number of piperidine rings is 1. The maximum absolute atomic E-state index is 12.7. The molecular formula is C19H23N3O3. The van der Waals surface area contributed by atoms with Crippen LogP contribution in [-0.4, -0.2) is 44.4 Å². The van der Waals surface area contributed by atoms with Gasteiger partial charge < -0.3 is 10.0 Å². The van der Waals surface area contributed by atoms with Crippen LogP contribution in [0, 0.1) is 5.92 Å². The molecule has 2 fully saturated rings. The average molecular weight is 341 g/mol. The van der Waals surface area contributed by atoms with E-state index in [0.717, 1.165) is 31.1 Å². The van der Waals surface area contributed by atoms with Crippen molar-refractivity contribution >= 4 is 16.7 Å². The lowest BCUT2D eigenvalue weighted by atomic mass is 9.71. The zero-order valence-electron chi connectivity index (χ0n) is 14.2. The fourth-order valence-corrected chi connectivity index (χ4v) is 4.27. The van der Waals surface area contributed by atoms with E-state index >= 15 is 0 Å². The molecule has 0 radical (unpaired) electrons. The van der Waals surface area contributed by atoms with E-state index in [2.05, 4.69) is 5.10 Å². The fraction of sp³-hybridized carbons (Fsp3) is 0.526. The summed E-state index contributed by atoms with van der Waals surface area (Å²) in [4.78, 5) is 27.0. The molecule has 2 heterocycles. The number of rotatable bonds is 2. The molecule has 1 aromatic heterocycles. The van der Waals surface area contributed by atoms with Crippen LogP contribution in [0.2, 0.25) is 0 Å². The van der Waals surface area contributed by atoms with E-state index in [-0.39, 0.29) is 23.9 Å². The van der Waals surface area contributed by atoms with Crippen molar-refractivity contribution < 1.29 is 9.90 Å². The highest BCUT2D eigenvalue weighted by molar-refractivity contribution is 5.81. The molecule has 6 nitrogen and oxygen atoms in total. The normalized spacial score (nSPS) is 26.4. The van der Waals surface area contributed by atoms with Crippen molar-refractivity contribution in [2.45, 2.75) is 44.2 Å². The summed E-state index contributed by atoms with van der Waals surface area (Å²) < 4.78 is 1.24. The van der Waals surface area contributed by atoms with Crippen LogP contribution < -0.4 is 5.56 Å². The minimum absolute atomic E-state index is 0.0468. The second-order valence-corrected chi connectivity index (χ2v) is 7.33. The van der Waals surface area contributed by atoms with Crippen molar-refractivity contribution in [3.05, 3.63) is 40.8 Å². The topological polar surface area (TPSA) is 75.4 Å². The lowest BCUT2D eigenvalue weighted by Crippen LogP contribution is -2.55. The molecule has 1 aliphatic carbocycles. The Kier molecular flexibility index (Phi) is 4.07. The third-order valence-corrected chi connectivity index (χ3v) is 5.83. The van der Waals surface area contributed by atoms with E-state index in [4.69, 9.17) is 0 Å². The SMILES string of the molecule is O=C(Cn1ncc2ccccc2c1=O)N1CC[C@]2(O)CCCC[C@H]2C1. The Hall–Kier alpha value is -2.21. The Morgan fingerprint density at radius 3 is 3.00 bits per heavy atom. The van der Waals surface area contributed by atoms with Gasteiger partial charge in [-0.3, -0.25) is 9.59 Å². The predicted molar refractivity (Wildman–Crippen MR) is 94.1 cm³/mol. The van der Waals surface area contributed by atoms with Crippen LogP contribution in [0.15, 0.2) is 35.3 Å². The molecule has 1 saturated carbocycles. The van der Waals surface area contributed by atoms with Gasteiger partial charge in [0.2, 0.25) is 5.91 Å². The van der Waals surface area contributed by atoms with Gasteiger partial charge in [0, 0.05) is 24.4 Å². The van der Waals surface area contributed by atoms with E-state index in [1.807, 2.05) is 18.2 Å². The molecule has 1 aliphatic heterocycles. The van der Waals surface area contributed by atoms with Crippen LogP contribution in [0.1, 0.15) is 32.1 Å². The summed E-state index contributed by atoms with van der Waals surface area (Å²) in [5, 5.41) is 16.2. The number of likely N-dealkylation sites (tertiary alicyclic amines) is 1. The van der Waals surface area contributed by atoms with Gasteiger partial charge in [-0.05, 0) is 25.3 Å². The Morgan fingerprint density at radius 1 is 1.28 bits per heavy atom. The smallest absolute Gasteiger partial charge is 0.275 e. The van der Waals surface area contributed by atoms with E-state index in [1.54, 1.807) is 17.2 Å². The molecule has 0 bridgehead atoms. The van der Waals surface area contributed by atoms with E-state index in [9.17, 15) is 14.7 Å². The Labute approximate surface area is 146 Å². The Bertz CT molecular complexity index is 862. The molecule has 25 heavy (non-hydrogen) atoms. The minimum Gasteiger partial charge on any atom is -0.389 e. The first-order valence-corrected chi connectivity index (χ1v) is 9.02. The van der Waals surface area contributed by atoms with Crippen LogP contribution in [0.25, 0.3) is 10.8 Å². The van der Waals surface area contributed by atoms with Crippen LogP contribution in [0.4, 0.5) is 0 Å². The lowest BCUT2D eigenvalue weighted by Gasteiger charge is -2.47. The number of aromatic nitrogens is 2. The highest BCUT2D eigenvalue weighted by Crippen LogP contribution is 2.39. The van der Waals surface area contributed by atoms with Gasteiger partial charge in [-0.2, -0.15) is 5.10 Å². The summed E-state index contributed by atoms with van der Waals surface area (Å²) in [7, 11) is 0. The first-order valence-electron chi connectivity index (χ1n) is 9.02. The van der Waals surface area contributed by atoms with Gasteiger partial charge in [-0.15, -0.1) is 0 Å². The number of benzene rings is 1. The summed E-state index contributed by atoms with van der Waals surface area (Å²) >= 11 is 0. The molecule has 132 valence electrons. The molecule has 4 rings (SSSR count). The molecule has 2 aromatic rings. The van der Waals surface area contributed by atoms with Crippen LogP contribution in [-0.2, 0) is 11.3 Å². The highest BCUT2D eigenvalue weighted by Gasteiger charge is 2.43.